The number of anilines is 1. The molecule has 6 rings (SSSR count). The molecule has 0 spiro atoms. The summed E-state index contributed by atoms with van der Waals surface area (Å²) >= 11 is 0. The van der Waals surface area contributed by atoms with Gasteiger partial charge in [0.1, 0.15) is 11.5 Å². The molecule has 1 fully saturated rings. The van der Waals surface area contributed by atoms with Crippen LogP contribution in [0.15, 0.2) is 65.7 Å². The lowest BCUT2D eigenvalue weighted by atomic mass is 10.1. The monoisotopic (exact) mass is 454 g/mol. The summed E-state index contributed by atoms with van der Waals surface area (Å²) in [5.74, 6) is 0.821. The number of aryl methyl sites for hydroxylation is 2. The van der Waals surface area contributed by atoms with Crippen LogP contribution in [-0.2, 0) is 17.7 Å². The van der Waals surface area contributed by atoms with Crippen LogP contribution in [0.5, 0.6) is 0 Å². The maximum absolute atomic E-state index is 12.9. The summed E-state index contributed by atoms with van der Waals surface area (Å²) in [6.07, 6.45) is 5.80. The third kappa shape index (κ3) is 3.86. The first-order valence-corrected chi connectivity index (χ1v) is 11.7. The molecular weight excluding hydrogens is 428 g/mol. The number of nitrogens with zero attached hydrogens (tertiary/aromatic N) is 4. The Morgan fingerprint density at radius 2 is 1.94 bits per heavy atom. The minimum absolute atomic E-state index is 0.00231. The van der Waals surface area contributed by atoms with Crippen molar-refractivity contribution in [3.8, 4) is 11.3 Å². The zero-order valence-corrected chi connectivity index (χ0v) is 18.8. The van der Waals surface area contributed by atoms with Gasteiger partial charge < -0.3 is 19.6 Å². The van der Waals surface area contributed by atoms with Gasteiger partial charge in [-0.05, 0) is 30.5 Å². The first-order chi connectivity index (χ1) is 16.8. The summed E-state index contributed by atoms with van der Waals surface area (Å²) in [7, 11) is 0. The van der Waals surface area contributed by atoms with E-state index in [9.17, 15) is 4.79 Å². The van der Waals surface area contributed by atoms with Crippen LogP contribution in [-0.4, -0.2) is 51.3 Å². The van der Waals surface area contributed by atoms with Gasteiger partial charge in [-0.2, -0.15) is 0 Å². The van der Waals surface area contributed by atoms with Crippen LogP contribution in [0.2, 0.25) is 0 Å². The minimum atomic E-state index is 0.00231. The molecule has 4 heterocycles. The fourth-order valence-corrected chi connectivity index (χ4v) is 4.73. The third-order valence-electron chi connectivity index (χ3n) is 6.51. The molecule has 1 aliphatic heterocycles. The lowest BCUT2D eigenvalue weighted by Crippen LogP contribution is -2.28. The highest BCUT2D eigenvalue weighted by Gasteiger charge is 2.16. The summed E-state index contributed by atoms with van der Waals surface area (Å²) in [6.45, 7) is 3.74. The van der Waals surface area contributed by atoms with Gasteiger partial charge in [0.15, 0.2) is 5.43 Å². The fourth-order valence-electron chi connectivity index (χ4n) is 4.73. The number of pyridine rings is 1. The number of nitrogens with one attached hydrogen (secondary N) is 2. The van der Waals surface area contributed by atoms with E-state index in [-0.39, 0.29) is 5.43 Å². The van der Waals surface area contributed by atoms with Gasteiger partial charge in [0, 0.05) is 60.4 Å². The molecule has 3 aromatic heterocycles. The molecule has 0 saturated carbocycles. The number of benzene rings is 2. The molecule has 1 aliphatic rings. The normalized spacial score (nSPS) is 14.6. The molecule has 0 amide bonds. The average molecular weight is 455 g/mol. The molecule has 2 N–H and O–H groups in total. The van der Waals surface area contributed by atoms with Crippen molar-refractivity contribution in [1.82, 2.24) is 25.0 Å². The molecule has 0 atom stereocenters. The second kappa shape index (κ2) is 8.79. The summed E-state index contributed by atoms with van der Waals surface area (Å²) in [6, 6.07) is 15.7. The first-order valence-electron chi connectivity index (χ1n) is 11.7. The van der Waals surface area contributed by atoms with Crippen LogP contribution in [0, 0.1) is 0 Å². The Bertz CT molecular complexity index is 1510. The highest BCUT2D eigenvalue weighted by molar-refractivity contribution is 5.93. The summed E-state index contributed by atoms with van der Waals surface area (Å²) in [4.78, 5) is 22.0. The molecule has 34 heavy (non-hydrogen) atoms. The minimum Gasteiger partial charge on any atom is -0.380 e. The predicted octanol–water partition coefficient (Wildman–Crippen LogP) is 3.74. The Hall–Kier alpha value is -3.91. The Labute approximate surface area is 196 Å². The van der Waals surface area contributed by atoms with Gasteiger partial charge in [0.05, 0.1) is 18.3 Å². The van der Waals surface area contributed by atoms with Crippen LogP contribution < -0.4 is 10.3 Å². The van der Waals surface area contributed by atoms with Gasteiger partial charge in [-0.1, -0.05) is 35.5 Å². The molecule has 0 unspecified atom stereocenters. The first kappa shape index (κ1) is 20.7. The number of aromatic nitrogens is 5. The number of H-pyrrole nitrogens is 2. The number of aromatic amines is 2. The van der Waals surface area contributed by atoms with Crippen molar-refractivity contribution < 1.29 is 4.74 Å². The Kier molecular flexibility index (Phi) is 5.35. The standard InChI is InChI=1S/C26H26N6O2/c33-24-15-25(31-10-4-13-34-14-12-31)28-26-20(6-3-7-21(24)26)23-17-32(30-29-23)11-9-18-16-27-22-8-2-1-5-19(18)22/h1-3,5-8,15-17,27H,4,9-14H2,(H,28,33). The fraction of sp³-hybridized carbons (Fsp3) is 0.269. The zero-order valence-electron chi connectivity index (χ0n) is 18.8. The molecule has 0 bridgehead atoms. The second-order valence-electron chi connectivity index (χ2n) is 8.68. The van der Waals surface area contributed by atoms with E-state index >= 15 is 0 Å². The van der Waals surface area contributed by atoms with E-state index in [1.165, 1.54) is 10.9 Å². The SMILES string of the molecule is O=c1cc(N2CCCOCC2)[nH]c2c(-c3cn(CCc4c[nH]c5ccccc45)nn3)cccc12. The van der Waals surface area contributed by atoms with E-state index in [1.54, 1.807) is 6.07 Å². The molecule has 8 heteroatoms. The van der Waals surface area contributed by atoms with Crippen molar-refractivity contribution >= 4 is 27.6 Å². The van der Waals surface area contributed by atoms with Gasteiger partial charge in [-0.3, -0.25) is 9.48 Å². The highest BCUT2D eigenvalue weighted by atomic mass is 16.5. The topological polar surface area (TPSA) is 91.8 Å². The Balaban J connectivity index is 1.30. The van der Waals surface area contributed by atoms with Crippen molar-refractivity contribution in [2.45, 2.75) is 19.4 Å². The lowest BCUT2D eigenvalue weighted by molar-refractivity contribution is 0.152. The summed E-state index contributed by atoms with van der Waals surface area (Å²) in [5, 5.41) is 10.7. The smallest absolute Gasteiger partial charge is 0.191 e. The molecule has 172 valence electrons. The van der Waals surface area contributed by atoms with Crippen LogP contribution in [0.25, 0.3) is 33.1 Å². The number of hydrogen-bond acceptors (Lipinski definition) is 5. The molecular formula is C26H26N6O2. The van der Waals surface area contributed by atoms with E-state index < -0.39 is 0 Å². The van der Waals surface area contributed by atoms with Crippen molar-refractivity contribution in [2.75, 3.05) is 31.2 Å². The largest absolute Gasteiger partial charge is 0.380 e. The van der Waals surface area contributed by atoms with Crippen LogP contribution in [0.4, 0.5) is 5.82 Å². The van der Waals surface area contributed by atoms with Gasteiger partial charge >= 0.3 is 0 Å². The summed E-state index contributed by atoms with van der Waals surface area (Å²) < 4.78 is 7.44. The number of hydrogen-bond donors (Lipinski definition) is 2. The Morgan fingerprint density at radius 1 is 1.03 bits per heavy atom. The molecule has 1 saturated heterocycles. The number of fused-ring (bicyclic) bond motifs is 2. The number of ether oxygens (including phenoxy) is 1. The molecule has 2 aromatic carbocycles. The average Bonchev–Trinajstić information content (AvgIpc) is 3.41. The molecule has 0 radical (unpaired) electrons. The van der Waals surface area contributed by atoms with E-state index in [2.05, 4.69) is 49.6 Å². The van der Waals surface area contributed by atoms with E-state index in [0.29, 0.717) is 12.0 Å². The summed E-state index contributed by atoms with van der Waals surface area (Å²) in [5.41, 5.74) is 4.82. The number of para-hydroxylation sites is 2. The van der Waals surface area contributed by atoms with Crippen LogP contribution in [0.1, 0.15) is 12.0 Å². The maximum Gasteiger partial charge on any atom is 0.191 e. The van der Waals surface area contributed by atoms with Crippen LogP contribution >= 0.6 is 0 Å². The zero-order chi connectivity index (χ0) is 22.9. The highest BCUT2D eigenvalue weighted by Crippen LogP contribution is 2.26. The van der Waals surface area contributed by atoms with E-state index in [1.807, 2.05) is 35.1 Å². The predicted molar refractivity (Wildman–Crippen MR) is 133 cm³/mol. The van der Waals surface area contributed by atoms with Crippen LogP contribution in [0.3, 0.4) is 0 Å². The van der Waals surface area contributed by atoms with Gasteiger partial charge in [-0.25, -0.2) is 0 Å². The number of rotatable bonds is 5. The molecule has 5 aromatic rings. The van der Waals surface area contributed by atoms with E-state index in [0.717, 1.165) is 67.2 Å². The maximum atomic E-state index is 12.9. The van der Waals surface area contributed by atoms with Crippen molar-refractivity contribution in [3.63, 3.8) is 0 Å². The van der Waals surface area contributed by atoms with Crippen molar-refractivity contribution in [2.24, 2.45) is 0 Å². The Morgan fingerprint density at radius 3 is 2.91 bits per heavy atom. The van der Waals surface area contributed by atoms with Crippen molar-refractivity contribution in [3.05, 3.63) is 76.7 Å². The van der Waals surface area contributed by atoms with Gasteiger partial charge in [-0.15, -0.1) is 5.10 Å². The lowest BCUT2D eigenvalue weighted by Gasteiger charge is -2.22. The second-order valence-corrected chi connectivity index (χ2v) is 8.68. The molecule has 0 aliphatic carbocycles. The van der Waals surface area contributed by atoms with Crippen molar-refractivity contribution in [1.29, 1.82) is 0 Å². The third-order valence-corrected chi connectivity index (χ3v) is 6.51. The van der Waals surface area contributed by atoms with Gasteiger partial charge in [0.2, 0.25) is 0 Å². The quantitative estimate of drug-likeness (QED) is 0.422. The molecule has 8 nitrogen and oxygen atoms in total. The van der Waals surface area contributed by atoms with Gasteiger partial charge in [0.25, 0.3) is 0 Å². The van der Waals surface area contributed by atoms with E-state index in [4.69, 9.17) is 4.74 Å².